The van der Waals surface area contributed by atoms with Crippen LogP contribution in [0, 0.1) is 0 Å². The summed E-state index contributed by atoms with van der Waals surface area (Å²) in [6.07, 6.45) is 1.41. The molecule has 19 heavy (non-hydrogen) atoms. The third-order valence-electron chi connectivity index (χ3n) is 2.35. The molecule has 0 atom stereocenters. The van der Waals surface area contributed by atoms with Crippen molar-refractivity contribution in [1.82, 2.24) is 5.32 Å². The first kappa shape index (κ1) is 13.1. The third kappa shape index (κ3) is 3.80. The summed E-state index contributed by atoms with van der Waals surface area (Å²) in [6, 6.07) is 9.20. The number of nitrogens with one attached hydrogen (secondary N) is 1. The summed E-state index contributed by atoms with van der Waals surface area (Å²) in [5.41, 5.74) is 0.765. The molecule has 1 amide bonds. The van der Waals surface area contributed by atoms with E-state index in [1.54, 1.807) is 24.3 Å². The van der Waals surface area contributed by atoms with Crippen LogP contribution in [0.3, 0.4) is 0 Å². The van der Waals surface area contributed by atoms with Gasteiger partial charge in [-0.15, -0.1) is 0 Å². The molecule has 0 saturated heterocycles. The van der Waals surface area contributed by atoms with Gasteiger partial charge in [-0.25, -0.2) is 0 Å². The second-order valence-electron chi connectivity index (χ2n) is 3.68. The molecule has 100 valence electrons. The van der Waals surface area contributed by atoms with Crippen molar-refractivity contribution < 1.29 is 22.7 Å². The van der Waals surface area contributed by atoms with Crippen LogP contribution in [0.5, 0.6) is 5.75 Å². The van der Waals surface area contributed by atoms with E-state index in [0.717, 1.165) is 5.56 Å². The minimum absolute atomic E-state index is 0.0797. The highest BCUT2D eigenvalue weighted by atomic mass is 19.3. The number of carbonyl (C=O) groups is 1. The second-order valence-corrected chi connectivity index (χ2v) is 3.68. The molecule has 1 N–H and O–H groups in total. The van der Waals surface area contributed by atoms with Crippen molar-refractivity contribution in [3.8, 4) is 5.75 Å². The summed E-state index contributed by atoms with van der Waals surface area (Å²) >= 11 is 0. The molecule has 0 aliphatic carbocycles. The van der Waals surface area contributed by atoms with Gasteiger partial charge in [0, 0.05) is 6.54 Å². The van der Waals surface area contributed by atoms with Crippen LogP contribution in [0.15, 0.2) is 47.1 Å². The topological polar surface area (TPSA) is 51.5 Å². The van der Waals surface area contributed by atoms with Crippen LogP contribution in [-0.4, -0.2) is 12.5 Å². The second kappa shape index (κ2) is 5.99. The maximum atomic E-state index is 11.9. The normalized spacial score (nSPS) is 10.5. The van der Waals surface area contributed by atoms with Gasteiger partial charge in [-0.1, -0.05) is 12.1 Å². The minimum Gasteiger partial charge on any atom is -0.459 e. The molecule has 0 bridgehead atoms. The van der Waals surface area contributed by atoms with Crippen LogP contribution in [0.25, 0.3) is 0 Å². The Kier molecular flexibility index (Phi) is 4.12. The summed E-state index contributed by atoms with van der Waals surface area (Å²) in [6.45, 7) is -2.57. The van der Waals surface area contributed by atoms with Gasteiger partial charge in [0.25, 0.3) is 5.91 Å². The van der Waals surface area contributed by atoms with Crippen LogP contribution in [0.2, 0.25) is 0 Å². The van der Waals surface area contributed by atoms with Gasteiger partial charge in [-0.3, -0.25) is 4.79 Å². The largest absolute Gasteiger partial charge is 0.459 e. The Balaban J connectivity index is 1.88. The van der Waals surface area contributed by atoms with Crippen molar-refractivity contribution in [3.05, 3.63) is 54.0 Å². The van der Waals surface area contributed by atoms with E-state index in [4.69, 9.17) is 4.42 Å². The fourth-order valence-corrected chi connectivity index (χ4v) is 1.47. The number of alkyl halides is 2. The summed E-state index contributed by atoms with van der Waals surface area (Å²) in [4.78, 5) is 11.6. The molecule has 0 fully saturated rings. The molecular formula is C13H11F2NO3. The quantitative estimate of drug-likeness (QED) is 0.906. The zero-order chi connectivity index (χ0) is 13.7. The molecule has 0 spiro atoms. The van der Waals surface area contributed by atoms with Gasteiger partial charge in [0.1, 0.15) is 5.75 Å². The standard InChI is InChI=1S/C13H11F2NO3/c14-13(15)19-10-5-3-9(4-6-10)8-16-12(17)11-2-1-7-18-11/h1-7,13H,8H2,(H,16,17). The first-order valence-corrected chi connectivity index (χ1v) is 5.50. The lowest BCUT2D eigenvalue weighted by Crippen LogP contribution is -2.22. The summed E-state index contributed by atoms with van der Waals surface area (Å²) in [5.74, 6) is -0.0355. The van der Waals surface area contributed by atoms with Gasteiger partial charge in [0.05, 0.1) is 6.26 Å². The Morgan fingerprint density at radius 2 is 2.00 bits per heavy atom. The molecule has 4 nitrogen and oxygen atoms in total. The summed E-state index contributed by atoms with van der Waals surface area (Å²) in [7, 11) is 0. The number of hydrogen-bond acceptors (Lipinski definition) is 3. The number of ether oxygens (including phenoxy) is 1. The van der Waals surface area contributed by atoms with Gasteiger partial charge in [0.2, 0.25) is 0 Å². The Bertz CT molecular complexity index is 523. The highest BCUT2D eigenvalue weighted by Gasteiger charge is 2.08. The van der Waals surface area contributed by atoms with Gasteiger partial charge in [-0.2, -0.15) is 8.78 Å². The molecule has 1 aromatic carbocycles. The van der Waals surface area contributed by atoms with Crippen LogP contribution in [0.1, 0.15) is 16.1 Å². The van der Waals surface area contributed by atoms with Gasteiger partial charge in [0.15, 0.2) is 5.76 Å². The van der Waals surface area contributed by atoms with Gasteiger partial charge < -0.3 is 14.5 Å². The van der Waals surface area contributed by atoms with E-state index >= 15 is 0 Å². The highest BCUT2D eigenvalue weighted by Crippen LogP contribution is 2.14. The lowest BCUT2D eigenvalue weighted by atomic mass is 10.2. The van der Waals surface area contributed by atoms with Crippen LogP contribution >= 0.6 is 0 Å². The van der Waals surface area contributed by atoms with Crippen molar-refractivity contribution in [2.45, 2.75) is 13.2 Å². The number of carbonyl (C=O) groups excluding carboxylic acids is 1. The van der Waals surface area contributed by atoms with Crippen molar-refractivity contribution in [2.24, 2.45) is 0 Å². The molecule has 0 unspecified atom stereocenters. The maximum Gasteiger partial charge on any atom is 0.387 e. The number of hydrogen-bond donors (Lipinski definition) is 1. The number of benzene rings is 1. The molecular weight excluding hydrogens is 256 g/mol. The predicted molar refractivity (Wildman–Crippen MR) is 63.0 cm³/mol. The molecule has 0 aliphatic rings. The Labute approximate surface area is 108 Å². The number of rotatable bonds is 5. The Morgan fingerprint density at radius 1 is 1.26 bits per heavy atom. The molecule has 6 heteroatoms. The Morgan fingerprint density at radius 3 is 2.58 bits per heavy atom. The molecule has 2 aromatic rings. The van der Waals surface area contributed by atoms with E-state index in [1.165, 1.54) is 18.4 Å². The smallest absolute Gasteiger partial charge is 0.387 e. The maximum absolute atomic E-state index is 11.9. The van der Waals surface area contributed by atoms with Crippen molar-refractivity contribution >= 4 is 5.91 Å². The lowest BCUT2D eigenvalue weighted by Gasteiger charge is -2.06. The van der Waals surface area contributed by atoms with Crippen molar-refractivity contribution in [3.63, 3.8) is 0 Å². The average molecular weight is 267 g/mol. The zero-order valence-electron chi connectivity index (χ0n) is 9.81. The van der Waals surface area contributed by atoms with Gasteiger partial charge >= 0.3 is 6.61 Å². The van der Waals surface area contributed by atoms with Crippen LogP contribution in [-0.2, 0) is 6.54 Å². The van der Waals surface area contributed by atoms with E-state index in [1.807, 2.05) is 0 Å². The minimum atomic E-state index is -2.84. The van der Waals surface area contributed by atoms with E-state index < -0.39 is 6.61 Å². The highest BCUT2D eigenvalue weighted by molar-refractivity contribution is 5.91. The van der Waals surface area contributed by atoms with E-state index in [-0.39, 0.29) is 24.0 Å². The zero-order valence-corrected chi connectivity index (χ0v) is 9.81. The first-order valence-electron chi connectivity index (χ1n) is 5.50. The van der Waals surface area contributed by atoms with Crippen molar-refractivity contribution in [2.75, 3.05) is 0 Å². The van der Waals surface area contributed by atoms with E-state index in [9.17, 15) is 13.6 Å². The van der Waals surface area contributed by atoms with E-state index in [0.29, 0.717) is 0 Å². The number of amides is 1. The first-order chi connectivity index (χ1) is 9.15. The lowest BCUT2D eigenvalue weighted by molar-refractivity contribution is -0.0498. The third-order valence-corrected chi connectivity index (χ3v) is 2.35. The van der Waals surface area contributed by atoms with Crippen LogP contribution in [0.4, 0.5) is 8.78 Å². The number of furan rings is 1. The summed E-state index contributed by atoms with van der Waals surface area (Å²) in [5, 5.41) is 2.64. The molecule has 0 aliphatic heterocycles. The summed E-state index contributed by atoms with van der Waals surface area (Å²) < 4.78 is 33.0. The van der Waals surface area contributed by atoms with Crippen molar-refractivity contribution in [1.29, 1.82) is 0 Å². The molecule has 0 radical (unpaired) electrons. The Hall–Kier alpha value is -2.37. The molecule has 1 heterocycles. The average Bonchev–Trinajstić information content (AvgIpc) is 2.91. The van der Waals surface area contributed by atoms with Gasteiger partial charge in [-0.05, 0) is 29.8 Å². The molecule has 1 aromatic heterocycles. The monoisotopic (exact) mass is 267 g/mol. The molecule has 2 rings (SSSR count). The molecule has 0 saturated carbocycles. The fraction of sp³-hybridized carbons (Fsp3) is 0.154. The SMILES string of the molecule is O=C(NCc1ccc(OC(F)F)cc1)c1ccco1. The van der Waals surface area contributed by atoms with E-state index in [2.05, 4.69) is 10.1 Å². The predicted octanol–water partition coefficient (Wildman–Crippen LogP) is 2.81. The fourth-order valence-electron chi connectivity index (χ4n) is 1.47. The van der Waals surface area contributed by atoms with Crippen LogP contribution < -0.4 is 10.1 Å². The number of halogens is 2.